The molecule has 0 fully saturated rings. The molecule has 12 heteroatoms. The number of hydrogen-bond acceptors (Lipinski definition) is 6. The first-order valence-electron chi connectivity index (χ1n) is 11.0. The Hall–Kier alpha value is 0.120. The monoisotopic (exact) mass is 826 g/mol. The van der Waals surface area contributed by atoms with Gasteiger partial charge in [-0.3, -0.25) is 4.89 Å². The van der Waals surface area contributed by atoms with Crippen molar-refractivity contribution in [2.75, 3.05) is 0 Å². The zero-order chi connectivity index (χ0) is 29.7. The fraction of sp³-hybridized carbons (Fsp3) is 0.345. The maximum absolute atomic E-state index is 12.0. The standard InChI is InChI=1S/C10H13BrO2S.C7H5ClO3.C6H4Br2.C4H10S.2CH4.Na/c1-10(2,3)14(12,13)9-6-4-5-8(11)7-9;8-6-3-1-2-5(4-6)7(9)11-10;7-5-2-1-3-6(8)4-5;1-4(2,3)5;;;/h4-7H,1-3H3;1-4,10H;1-4H;5H,1-3H3;2*1H4;/q;;;;;;+1/p-1. The van der Waals surface area contributed by atoms with Crippen LogP contribution in [-0.2, 0) is 27.4 Å². The van der Waals surface area contributed by atoms with E-state index in [1.165, 1.54) is 12.1 Å². The summed E-state index contributed by atoms with van der Waals surface area (Å²) in [6.45, 7) is 11.1. The van der Waals surface area contributed by atoms with Crippen molar-refractivity contribution in [2.45, 2.75) is 70.8 Å². The van der Waals surface area contributed by atoms with Crippen molar-refractivity contribution >= 4 is 87.8 Å². The van der Waals surface area contributed by atoms with Crippen LogP contribution in [0.25, 0.3) is 0 Å². The van der Waals surface area contributed by atoms with E-state index < -0.39 is 20.6 Å². The molecule has 0 atom stereocenters. The van der Waals surface area contributed by atoms with E-state index in [0.29, 0.717) is 9.92 Å². The summed E-state index contributed by atoms with van der Waals surface area (Å²) in [5, 5.41) is 8.41. The van der Waals surface area contributed by atoms with E-state index in [4.69, 9.17) is 29.5 Å². The first-order chi connectivity index (χ1) is 17.3. The number of carbonyl (C=O) groups is 1. The van der Waals surface area contributed by atoms with Crippen molar-refractivity contribution in [3.8, 4) is 0 Å². The largest absolute Gasteiger partial charge is 1.00 e. The Kier molecular flexibility index (Phi) is 26.5. The van der Waals surface area contributed by atoms with Crippen LogP contribution in [0.3, 0.4) is 0 Å². The number of sulfone groups is 1. The van der Waals surface area contributed by atoms with Crippen LogP contribution in [0.2, 0.25) is 5.02 Å². The molecular formula is C29H39Br3ClNaO5S2. The van der Waals surface area contributed by atoms with Gasteiger partial charge in [-0.15, -0.1) is 0 Å². The van der Waals surface area contributed by atoms with E-state index in [9.17, 15) is 13.2 Å². The smallest absolute Gasteiger partial charge is 0.787 e. The molecule has 0 unspecified atom stereocenters. The average Bonchev–Trinajstić information content (AvgIpc) is 2.77. The van der Waals surface area contributed by atoms with E-state index in [0.717, 1.165) is 13.4 Å². The van der Waals surface area contributed by atoms with Gasteiger partial charge in [-0.25, -0.2) is 13.2 Å². The second-order valence-electron chi connectivity index (χ2n) is 9.51. The normalized spacial score (nSPS) is 10.1. The second-order valence-corrected chi connectivity index (χ2v) is 16.6. The van der Waals surface area contributed by atoms with Crippen LogP contribution >= 0.6 is 59.4 Å². The fourth-order valence-electron chi connectivity index (χ4n) is 2.12. The van der Waals surface area contributed by atoms with Crippen molar-refractivity contribution in [1.82, 2.24) is 0 Å². The molecule has 0 aliphatic rings. The zero-order valence-electron chi connectivity index (χ0n) is 22.8. The summed E-state index contributed by atoms with van der Waals surface area (Å²) in [5.41, 5.74) is 0.222. The summed E-state index contributed by atoms with van der Waals surface area (Å²) in [7, 11) is -3.23. The summed E-state index contributed by atoms with van der Waals surface area (Å²) in [5.74, 6) is -0.813. The number of benzene rings is 3. The molecule has 0 radical (unpaired) electrons. The van der Waals surface area contributed by atoms with Crippen molar-refractivity contribution in [2.24, 2.45) is 0 Å². The van der Waals surface area contributed by atoms with Gasteiger partial charge >= 0.3 is 35.5 Å². The minimum absolute atomic E-state index is 0. The molecule has 5 nitrogen and oxygen atoms in total. The molecule has 0 aliphatic carbocycles. The Morgan fingerprint density at radius 3 is 1.51 bits per heavy atom. The molecule has 0 amide bonds. The van der Waals surface area contributed by atoms with Gasteiger partial charge in [0.15, 0.2) is 9.84 Å². The van der Waals surface area contributed by atoms with Gasteiger partial charge < -0.3 is 12.6 Å². The Bertz CT molecular complexity index is 1260. The SMILES string of the molecule is Brc1cccc(Br)c1.C.C.CC(C)(C)S(=O)(=O)c1cccc(Br)c1.CC(C)(C)[S-].O=C(OO)c1cccc(Cl)c1.[Na+]. The molecule has 0 aromatic heterocycles. The first-order valence-corrected chi connectivity index (χ1v) is 15.7. The third-order valence-corrected chi connectivity index (χ3v) is 8.04. The average molecular weight is 830 g/mol. The van der Waals surface area contributed by atoms with Gasteiger partial charge in [-0.05, 0) is 75.4 Å². The van der Waals surface area contributed by atoms with Gasteiger partial charge in [-0.2, -0.15) is 10.0 Å². The van der Waals surface area contributed by atoms with Crippen molar-refractivity contribution < 1.29 is 52.9 Å². The minimum atomic E-state index is -3.23. The molecule has 0 saturated carbocycles. The second kappa shape index (κ2) is 22.6. The van der Waals surface area contributed by atoms with Crippen LogP contribution in [0.15, 0.2) is 91.1 Å². The third kappa shape index (κ3) is 22.3. The Balaban J connectivity index is -0.000000229. The van der Waals surface area contributed by atoms with Gasteiger partial charge in [0.1, 0.15) is 0 Å². The van der Waals surface area contributed by atoms with Crippen LogP contribution in [0.5, 0.6) is 0 Å². The molecule has 1 N–H and O–H groups in total. The van der Waals surface area contributed by atoms with E-state index >= 15 is 0 Å². The predicted molar refractivity (Wildman–Crippen MR) is 183 cm³/mol. The van der Waals surface area contributed by atoms with Gasteiger partial charge in [0.05, 0.1) is 15.2 Å². The van der Waals surface area contributed by atoms with E-state index in [-0.39, 0.29) is 54.7 Å². The number of hydrogen-bond donors (Lipinski definition) is 1. The van der Waals surface area contributed by atoms with Crippen LogP contribution in [-0.4, -0.2) is 29.1 Å². The molecule has 0 aliphatic heterocycles. The predicted octanol–water partition coefficient (Wildman–Crippen LogP) is 7.81. The van der Waals surface area contributed by atoms with E-state index in [1.807, 2.05) is 51.1 Å². The molecule has 41 heavy (non-hydrogen) atoms. The summed E-state index contributed by atoms with van der Waals surface area (Å²) in [6.07, 6.45) is 0. The molecular weight excluding hydrogens is 791 g/mol. The third-order valence-electron chi connectivity index (χ3n) is 3.84. The van der Waals surface area contributed by atoms with Gasteiger partial charge in [-0.1, -0.05) is 113 Å². The van der Waals surface area contributed by atoms with Gasteiger partial charge in [0, 0.05) is 18.4 Å². The Morgan fingerprint density at radius 2 is 1.20 bits per heavy atom. The van der Waals surface area contributed by atoms with Crippen LogP contribution < -0.4 is 29.6 Å². The first kappa shape index (κ1) is 48.0. The zero-order valence-corrected chi connectivity index (χ0v) is 32.0. The maximum Gasteiger partial charge on any atom is 1.00 e. The summed E-state index contributed by atoms with van der Waals surface area (Å²) >= 11 is 20.3. The van der Waals surface area contributed by atoms with Crippen molar-refractivity contribution in [1.29, 1.82) is 0 Å². The molecule has 0 bridgehead atoms. The number of rotatable bonds is 2. The molecule has 226 valence electrons. The molecule has 0 spiro atoms. The maximum atomic E-state index is 12.0. The van der Waals surface area contributed by atoms with Gasteiger partial charge in [0.2, 0.25) is 0 Å². The van der Waals surface area contributed by atoms with E-state index in [1.54, 1.807) is 51.1 Å². The van der Waals surface area contributed by atoms with Gasteiger partial charge in [0.25, 0.3) is 0 Å². The van der Waals surface area contributed by atoms with Crippen molar-refractivity contribution in [3.63, 3.8) is 0 Å². The quantitative estimate of drug-likeness (QED) is 0.123. The molecule has 3 aromatic carbocycles. The van der Waals surface area contributed by atoms with Crippen molar-refractivity contribution in [3.05, 3.63) is 96.8 Å². The number of halogens is 4. The van der Waals surface area contributed by atoms with E-state index in [2.05, 4.69) is 52.7 Å². The molecule has 3 aromatic rings. The molecule has 0 heterocycles. The van der Waals surface area contributed by atoms with Crippen LogP contribution in [0, 0.1) is 0 Å². The summed E-state index contributed by atoms with van der Waals surface area (Å²) in [4.78, 5) is 14.5. The topological polar surface area (TPSA) is 80.7 Å². The minimum Gasteiger partial charge on any atom is -0.787 e. The number of carbonyl (C=O) groups excluding carboxylic acids is 1. The van der Waals surface area contributed by atoms with Crippen LogP contribution in [0.1, 0.15) is 66.8 Å². The molecule has 3 rings (SSSR count). The Labute approximate surface area is 305 Å². The van der Waals surface area contributed by atoms with Crippen LogP contribution in [0.4, 0.5) is 0 Å². The molecule has 0 saturated heterocycles. The Morgan fingerprint density at radius 1 is 0.805 bits per heavy atom. The fourth-order valence-corrected chi connectivity index (χ4v) is 5.21. The summed E-state index contributed by atoms with van der Waals surface area (Å²) in [6, 6.07) is 20.8. The summed E-state index contributed by atoms with van der Waals surface area (Å²) < 4.78 is 26.3.